The first-order valence-electron chi connectivity index (χ1n) is 9.69. The number of nitrogens with zero attached hydrogens (tertiary/aromatic N) is 3. The monoisotopic (exact) mass is 387 g/mol. The SMILES string of the molecule is O=C(c1ccoc1)N1CCOC(CN2CCCN(C(=O)c3ccco3)CC2)C1. The van der Waals surface area contributed by atoms with Crippen molar-refractivity contribution in [2.45, 2.75) is 12.5 Å². The normalized spacial score (nSPS) is 21.5. The minimum Gasteiger partial charge on any atom is -0.472 e. The summed E-state index contributed by atoms with van der Waals surface area (Å²) in [6.07, 6.45) is 5.38. The van der Waals surface area contributed by atoms with E-state index in [9.17, 15) is 9.59 Å². The van der Waals surface area contributed by atoms with E-state index in [2.05, 4.69) is 4.90 Å². The number of rotatable bonds is 4. The van der Waals surface area contributed by atoms with E-state index in [0.717, 1.165) is 26.1 Å². The van der Waals surface area contributed by atoms with Crippen LogP contribution in [0.5, 0.6) is 0 Å². The van der Waals surface area contributed by atoms with Crippen LogP contribution in [0.3, 0.4) is 0 Å². The Morgan fingerprint density at radius 3 is 2.71 bits per heavy atom. The van der Waals surface area contributed by atoms with Crippen LogP contribution in [-0.2, 0) is 4.74 Å². The molecule has 2 fully saturated rings. The fraction of sp³-hybridized carbons (Fsp3) is 0.500. The summed E-state index contributed by atoms with van der Waals surface area (Å²) in [5.74, 6) is 0.309. The molecular formula is C20H25N3O5. The Balaban J connectivity index is 1.29. The maximum Gasteiger partial charge on any atom is 0.289 e. The number of furan rings is 2. The molecule has 28 heavy (non-hydrogen) atoms. The number of carbonyl (C=O) groups excluding carboxylic acids is 2. The molecule has 8 heteroatoms. The molecule has 0 N–H and O–H groups in total. The Morgan fingerprint density at radius 2 is 1.93 bits per heavy atom. The van der Waals surface area contributed by atoms with Crippen LogP contribution in [0.15, 0.2) is 45.8 Å². The summed E-state index contributed by atoms with van der Waals surface area (Å²) in [6, 6.07) is 5.12. The lowest BCUT2D eigenvalue weighted by molar-refractivity contribution is -0.0353. The van der Waals surface area contributed by atoms with Gasteiger partial charge in [0.15, 0.2) is 5.76 Å². The van der Waals surface area contributed by atoms with E-state index in [0.29, 0.717) is 44.1 Å². The van der Waals surface area contributed by atoms with Crippen LogP contribution in [0, 0.1) is 0 Å². The van der Waals surface area contributed by atoms with Gasteiger partial charge in [0.2, 0.25) is 0 Å². The van der Waals surface area contributed by atoms with Crippen molar-refractivity contribution in [1.82, 2.24) is 14.7 Å². The van der Waals surface area contributed by atoms with Gasteiger partial charge < -0.3 is 23.4 Å². The highest BCUT2D eigenvalue weighted by Gasteiger charge is 2.28. The predicted molar refractivity (Wildman–Crippen MR) is 100 cm³/mol. The molecule has 4 heterocycles. The smallest absolute Gasteiger partial charge is 0.289 e. The van der Waals surface area contributed by atoms with Gasteiger partial charge in [0.05, 0.1) is 30.8 Å². The van der Waals surface area contributed by atoms with Crippen molar-refractivity contribution in [3.05, 3.63) is 48.3 Å². The van der Waals surface area contributed by atoms with Gasteiger partial charge in [0.25, 0.3) is 11.8 Å². The summed E-state index contributed by atoms with van der Waals surface area (Å²) in [7, 11) is 0. The third-order valence-corrected chi connectivity index (χ3v) is 5.26. The standard InChI is InChI=1S/C20H25N3O5/c24-19(16-4-11-26-15-16)23-9-12-27-17(14-23)13-21-5-2-6-22(8-7-21)20(25)18-3-1-10-28-18/h1,3-4,10-11,15,17H,2,5-9,12-14H2. The van der Waals surface area contributed by atoms with Crippen LogP contribution in [0.1, 0.15) is 27.3 Å². The minimum atomic E-state index is -0.0577. The van der Waals surface area contributed by atoms with Crippen LogP contribution in [0.4, 0.5) is 0 Å². The second-order valence-corrected chi connectivity index (χ2v) is 7.18. The van der Waals surface area contributed by atoms with Crippen molar-refractivity contribution in [2.24, 2.45) is 0 Å². The van der Waals surface area contributed by atoms with Gasteiger partial charge in [-0.25, -0.2) is 0 Å². The zero-order valence-corrected chi connectivity index (χ0v) is 15.8. The summed E-state index contributed by atoms with van der Waals surface area (Å²) >= 11 is 0. The van der Waals surface area contributed by atoms with Crippen molar-refractivity contribution in [3.63, 3.8) is 0 Å². The van der Waals surface area contributed by atoms with Crippen LogP contribution in [-0.4, -0.2) is 85.0 Å². The topological polar surface area (TPSA) is 79.4 Å². The molecule has 2 amide bonds. The fourth-order valence-electron chi connectivity index (χ4n) is 3.78. The lowest BCUT2D eigenvalue weighted by atomic mass is 10.2. The molecule has 2 saturated heterocycles. The molecule has 8 nitrogen and oxygen atoms in total. The third-order valence-electron chi connectivity index (χ3n) is 5.26. The van der Waals surface area contributed by atoms with E-state index in [1.807, 2.05) is 9.80 Å². The second kappa shape index (κ2) is 8.62. The molecule has 0 aromatic carbocycles. The maximum atomic E-state index is 12.5. The van der Waals surface area contributed by atoms with Crippen LogP contribution in [0.25, 0.3) is 0 Å². The number of amides is 2. The second-order valence-electron chi connectivity index (χ2n) is 7.18. The highest BCUT2D eigenvalue weighted by molar-refractivity contribution is 5.94. The largest absolute Gasteiger partial charge is 0.472 e. The van der Waals surface area contributed by atoms with Gasteiger partial charge in [0, 0.05) is 39.3 Å². The number of hydrogen-bond acceptors (Lipinski definition) is 6. The molecule has 150 valence electrons. The van der Waals surface area contributed by atoms with Crippen molar-refractivity contribution >= 4 is 11.8 Å². The highest BCUT2D eigenvalue weighted by atomic mass is 16.5. The molecule has 2 aliphatic heterocycles. The van der Waals surface area contributed by atoms with Crippen molar-refractivity contribution in [1.29, 1.82) is 0 Å². The van der Waals surface area contributed by atoms with Crippen LogP contribution in [0.2, 0.25) is 0 Å². The van der Waals surface area contributed by atoms with Crippen molar-refractivity contribution in [2.75, 3.05) is 52.4 Å². The molecule has 2 aromatic rings. The molecule has 1 atom stereocenters. The van der Waals surface area contributed by atoms with E-state index in [4.69, 9.17) is 13.6 Å². The zero-order valence-electron chi connectivity index (χ0n) is 15.8. The lowest BCUT2D eigenvalue weighted by Crippen LogP contribution is -2.50. The molecule has 2 aliphatic rings. The van der Waals surface area contributed by atoms with Gasteiger partial charge in [-0.05, 0) is 31.2 Å². The number of carbonyl (C=O) groups is 2. The summed E-state index contributed by atoms with van der Waals surface area (Å²) in [4.78, 5) is 31.0. The van der Waals surface area contributed by atoms with Crippen molar-refractivity contribution < 1.29 is 23.2 Å². The molecule has 1 unspecified atom stereocenters. The van der Waals surface area contributed by atoms with Gasteiger partial charge in [-0.15, -0.1) is 0 Å². The molecule has 0 aliphatic carbocycles. The first kappa shape index (κ1) is 18.8. The average Bonchev–Trinajstić information content (AvgIpc) is 3.39. The van der Waals surface area contributed by atoms with E-state index < -0.39 is 0 Å². The maximum absolute atomic E-state index is 12.5. The average molecular weight is 387 g/mol. The van der Waals surface area contributed by atoms with E-state index in [1.54, 1.807) is 18.2 Å². The van der Waals surface area contributed by atoms with Crippen LogP contribution < -0.4 is 0 Å². The molecule has 0 saturated carbocycles. The number of morpholine rings is 1. The first-order chi connectivity index (χ1) is 13.7. The molecular weight excluding hydrogens is 362 g/mol. The minimum absolute atomic E-state index is 0.0202. The summed E-state index contributed by atoms with van der Waals surface area (Å²) in [5, 5.41) is 0. The van der Waals surface area contributed by atoms with Crippen molar-refractivity contribution in [3.8, 4) is 0 Å². The number of hydrogen-bond donors (Lipinski definition) is 0. The Kier molecular flexibility index (Phi) is 5.78. The Bertz CT molecular complexity index is 774. The quantitative estimate of drug-likeness (QED) is 0.792. The van der Waals surface area contributed by atoms with Gasteiger partial charge in [-0.1, -0.05) is 0 Å². The van der Waals surface area contributed by atoms with Gasteiger partial charge >= 0.3 is 0 Å². The van der Waals surface area contributed by atoms with E-state index in [-0.39, 0.29) is 17.9 Å². The van der Waals surface area contributed by atoms with E-state index in [1.165, 1.54) is 18.8 Å². The Hall–Kier alpha value is -2.58. The zero-order chi connectivity index (χ0) is 19.3. The Labute approximate surface area is 163 Å². The Morgan fingerprint density at radius 1 is 1.00 bits per heavy atom. The van der Waals surface area contributed by atoms with Gasteiger partial charge in [0.1, 0.15) is 6.26 Å². The summed E-state index contributed by atoms with van der Waals surface area (Å²) in [5.41, 5.74) is 0.572. The molecule has 0 bridgehead atoms. The van der Waals surface area contributed by atoms with Gasteiger partial charge in [-0.3, -0.25) is 14.5 Å². The lowest BCUT2D eigenvalue weighted by Gasteiger charge is -2.35. The summed E-state index contributed by atoms with van der Waals surface area (Å²) in [6.45, 7) is 5.49. The highest BCUT2D eigenvalue weighted by Crippen LogP contribution is 2.14. The molecule has 2 aromatic heterocycles. The fourth-order valence-corrected chi connectivity index (χ4v) is 3.78. The molecule has 0 spiro atoms. The summed E-state index contributed by atoms with van der Waals surface area (Å²) < 4.78 is 16.2. The molecule has 0 radical (unpaired) electrons. The number of ether oxygens (including phenoxy) is 1. The molecule has 4 rings (SSSR count). The van der Waals surface area contributed by atoms with E-state index >= 15 is 0 Å². The van der Waals surface area contributed by atoms with Crippen LogP contribution >= 0.6 is 0 Å². The first-order valence-corrected chi connectivity index (χ1v) is 9.69. The predicted octanol–water partition coefficient (Wildman–Crippen LogP) is 1.56. The van der Waals surface area contributed by atoms with Gasteiger partial charge in [-0.2, -0.15) is 0 Å². The third kappa shape index (κ3) is 4.28.